The number of nitrogens with zero attached hydrogens (tertiary/aromatic N) is 3. The third-order valence-corrected chi connectivity index (χ3v) is 4.13. The Kier molecular flexibility index (Phi) is 2.77. The van der Waals surface area contributed by atoms with E-state index >= 15 is 0 Å². The summed E-state index contributed by atoms with van der Waals surface area (Å²) in [4.78, 5) is 19.7. The Bertz CT molecular complexity index is 314. The molecule has 84 valence electrons. The molecule has 2 aliphatic rings. The third-order valence-electron chi connectivity index (χ3n) is 3.13. The van der Waals surface area contributed by atoms with Crippen molar-refractivity contribution in [3.8, 4) is 0 Å². The number of hydrogen-bond donors (Lipinski definition) is 0. The van der Waals surface area contributed by atoms with Gasteiger partial charge in [0, 0.05) is 25.2 Å². The Labute approximate surface area is 94.7 Å². The number of carbonyl (C=O) groups excluding carboxylic acids is 1. The van der Waals surface area contributed by atoms with Gasteiger partial charge in [0.25, 0.3) is 5.91 Å². The molecule has 0 spiro atoms. The fourth-order valence-electron chi connectivity index (χ4n) is 1.86. The Morgan fingerprint density at radius 1 is 1.40 bits per heavy atom. The molecule has 0 saturated carbocycles. The van der Waals surface area contributed by atoms with Gasteiger partial charge >= 0.3 is 0 Å². The van der Waals surface area contributed by atoms with Crippen molar-refractivity contribution >= 4 is 22.8 Å². The van der Waals surface area contributed by atoms with Crippen molar-refractivity contribution in [2.45, 2.75) is 19.4 Å². The van der Waals surface area contributed by atoms with Crippen LogP contribution >= 0.6 is 11.8 Å². The molecule has 0 aliphatic carbocycles. The van der Waals surface area contributed by atoms with Crippen molar-refractivity contribution in [3.63, 3.8) is 0 Å². The number of amides is 1. The lowest BCUT2D eigenvalue weighted by Gasteiger charge is -2.45. The predicted molar refractivity (Wildman–Crippen MR) is 63.2 cm³/mol. The van der Waals surface area contributed by atoms with Crippen LogP contribution in [-0.4, -0.2) is 58.8 Å². The first-order chi connectivity index (χ1) is 6.99. The lowest BCUT2D eigenvalue weighted by Crippen LogP contribution is -2.58. The van der Waals surface area contributed by atoms with Crippen LogP contribution in [0.25, 0.3) is 0 Å². The highest BCUT2D eigenvalue weighted by molar-refractivity contribution is 8.14. The number of carbonyl (C=O) groups is 1. The van der Waals surface area contributed by atoms with Crippen molar-refractivity contribution < 1.29 is 4.79 Å². The number of likely N-dealkylation sites (N-methyl/N-ethyl adjacent to an activating group) is 1. The molecule has 4 nitrogen and oxygen atoms in total. The van der Waals surface area contributed by atoms with Gasteiger partial charge in [-0.1, -0.05) is 11.8 Å². The summed E-state index contributed by atoms with van der Waals surface area (Å²) in [6, 6.07) is 0. The van der Waals surface area contributed by atoms with E-state index in [0.717, 1.165) is 24.8 Å². The summed E-state index contributed by atoms with van der Waals surface area (Å²) in [7, 11) is 2.14. The molecule has 1 amide bonds. The fourth-order valence-corrected chi connectivity index (χ4v) is 2.68. The smallest absolute Gasteiger partial charge is 0.258 e. The van der Waals surface area contributed by atoms with E-state index in [1.54, 1.807) is 11.8 Å². The Morgan fingerprint density at radius 2 is 2.13 bits per heavy atom. The monoisotopic (exact) mass is 227 g/mol. The van der Waals surface area contributed by atoms with E-state index in [0.29, 0.717) is 5.75 Å². The second-order valence-corrected chi connectivity index (χ2v) is 5.67. The molecule has 2 heterocycles. The normalized spacial score (nSPS) is 27.0. The molecule has 1 fully saturated rings. The fraction of sp³-hybridized carbons (Fsp3) is 0.800. The summed E-state index contributed by atoms with van der Waals surface area (Å²) in [5, 5.41) is 0.918. The van der Waals surface area contributed by atoms with Crippen LogP contribution in [0.3, 0.4) is 0 Å². The lowest BCUT2D eigenvalue weighted by atomic mass is 10.0. The number of rotatable bonds is 0. The molecule has 0 bridgehead atoms. The summed E-state index contributed by atoms with van der Waals surface area (Å²) in [6.07, 6.45) is 0. The SMILES string of the molecule is CN1CCN(C2=NC(=O)CS2)CC1(C)C. The Hall–Kier alpha value is -0.550. The van der Waals surface area contributed by atoms with E-state index in [1.807, 2.05) is 0 Å². The average Bonchev–Trinajstić information content (AvgIpc) is 2.57. The number of aliphatic imine (C=N–C) groups is 1. The van der Waals surface area contributed by atoms with Crippen molar-refractivity contribution in [1.29, 1.82) is 0 Å². The summed E-state index contributed by atoms with van der Waals surface area (Å²) < 4.78 is 0. The van der Waals surface area contributed by atoms with Gasteiger partial charge in [-0.15, -0.1) is 0 Å². The standard InChI is InChI=1S/C10H17N3OS/c1-10(2)7-13(5-4-12(10)3)9-11-8(14)6-15-9/h4-7H2,1-3H3. The summed E-state index contributed by atoms with van der Waals surface area (Å²) in [5.74, 6) is 0.522. The van der Waals surface area contributed by atoms with Gasteiger partial charge in [-0.2, -0.15) is 4.99 Å². The van der Waals surface area contributed by atoms with Crippen LogP contribution in [0, 0.1) is 0 Å². The quantitative estimate of drug-likeness (QED) is 0.608. The first kappa shape index (κ1) is 11.0. The van der Waals surface area contributed by atoms with E-state index in [-0.39, 0.29) is 11.4 Å². The third kappa shape index (κ3) is 2.18. The highest BCUT2D eigenvalue weighted by Crippen LogP contribution is 2.24. The minimum Gasteiger partial charge on any atom is -0.348 e. The van der Waals surface area contributed by atoms with Gasteiger partial charge in [0.15, 0.2) is 5.17 Å². The number of thioether (sulfide) groups is 1. The topological polar surface area (TPSA) is 35.9 Å². The second-order valence-electron chi connectivity index (χ2n) is 4.73. The maximum absolute atomic E-state index is 11.1. The zero-order valence-electron chi connectivity index (χ0n) is 9.49. The summed E-state index contributed by atoms with van der Waals surface area (Å²) in [5.41, 5.74) is 0.160. The number of piperazine rings is 1. The second kappa shape index (κ2) is 3.79. The maximum atomic E-state index is 11.1. The van der Waals surface area contributed by atoms with Crippen molar-refractivity contribution in [3.05, 3.63) is 0 Å². The van der Waals surface area contributed by atoms with E-state index in [1.165, 1.54) is 0 Å². The minimum absolute atomic E-state index is 0.00624. The number of amidine groups is 1. The van der Waals surface area contributed by atoms with E-state index in [2.05, 4.69) is 35.7 Å². The molecule has 0 atom stereocenters. The maximum Gasteiger partial charge on any atom is 0.258 e. The van der Waals surface area contributed by atoms with Crippen molar-refractivity contribution in [2.24, 2.45) is 4.99 Å². The van der Waals surface area contributed by atoms with Crippen LogP contribution in [0.4, 0.5) is 0 Å². The molecule has 0 radical (unpaired) electrons. The van der Waals surface area contributed by atoms with Crippen molar-refractivity contribution in [2.75, 3.05) is 32.4 Å². The molecule has 1 saturated heterocycles. The van der Waals surface area contributed by atoms with Gasteiger partial charge in [0.1, 0.15) is 0 Å². The molecule has 2 aliphatic heterocycles. The molecular formula is C10H17N3OS. The largest absolute Gasteiger partial charge is 0.348 e. The predicted octanol–water partition coefficient (Wildman–Crippen LogP) is 0.642. The molecule has 0 unspecified atom stereocenters. The van der Waals surface area contributed by atoms with Crippen LogP contribution in [0.5, 0.6) is 0 Å². The van der Waals surface area contributed by atoms with Crippen LogP contribution in [-0.2, 0) is 4.79 Å². The van der Waals surface area contributed by atoms with E-state index in [9.17, 15) is 4.79 Å². The minimum atomic E-state index is 0.00624. The molecule has 5 heteroatoms. The zero-order chi connectivity index (χ0) is 11.1. The van der Waals surface area contributed by atoms with Gasteiger partial charge in [-0.25, -0.2) is 0 Å². The average molecular weight is 227 g/mol. The lowest BCUT2D eigenvalue weighted by molar-refractivity contribution is -0.115. The van der Waals surface area contributed by atoms with Gasteiger partial charge in [0.2, 0.25) is 0 Å². The van der Waals surface area contributed by atoms with Gasteiger partial charge in [0.05, 0.1) is 5.75 Å². The number of hydrogen-bond acceptors (Lipinski definition) is 4. The van der Waals surface area contributed by atoms with Gasteiger partial charge < -0.3 is 4.90 Å². The van der Waals surface area contributed by atoms with Gasteiger partial charge in [-0.3, -0.25) is 9.69 Å². The molecule has 0 aromatic rings. The van der Waals surface area contributed by atoms with Crippen molar-refractivity contribution in [1.82, 2.24) is 9.80 Å². The molecule has 15 heavy (non-hydrogen) atoms. The highest BCUT2D eigenvalue weighted by Gasteiger charge is 2.33. The summed E-state index contributed by atoms with van der Waals surface area (Å²) in [6.45, 7) is 7.39. The Morgan fingerprint density at radius 3 is 2.67 bits per heavy atom. The Balaban J connectivity index is 2.07. The first-order valence-corrected chi connectivity index (χ1v) is 6.18. The molecule has 0 N–H and O–H groups in total. The van der Waals surface area contributed by atoms with Crippen LogP contribution in [0.2, 0.25) is 0 Å². The van der Waals surface area contributed by atoms with E-state index < -0.39 is 0 Å². The molecular weight excluding hydrogens is 210 g/mol. The first-order valence-electron chi connectivity index (χ1n) is 5.19. The van der Waals surface area contributed by atoms with Crippen LogP contribution in [0.1, 0.15) is 13.8 Å². The zero-order valence-corrected chi connectivity index (χ0v) is 10.3. The van der Waals surface area contributed by atoms with E-state index in [4.69, 9.17) is 0 Å². The molecule has 0 aromatic carbocycles. The summed E-state index contributed by atoms with van der Waals surface area (Å²) >= 11 is 1.57. The van der Waals surface area contributed by atoms with Gasteiger partial charge in [-0.05, 0) is 20.9 Å². The molecule has 2 rings (SSSR count). The van der Waals surface area contributed by atoms with Crippen LogP contribution in [0.15, 0.2) is 4.99 Å². The highest BCUT2D eigenvalue weighted by atomic mass is 32.2. The van der Waals surface area contributed by atoms with Crippen LogP contribution < -0.4 is 0 Å². The molecule has 0 aromatic heterocycles.